The van der Waals surface area contributed by atoms with E-state index >= 15 is 0 Å². The van der Waals surface area contributed by atoms with Crippen LogP contribution in [0.25, 0.3) is 0 Å². The molecule has 122 valence electrons. The highest BCUT2D eigenvalue weighted by atomic mass is 19.1. The van der Waals surface area contributed by atoms with Gasteiger partial charge < -0.3 is 15.1 Å². The van der Waals surface area contributed by atoms with E-state index in [2.05, 4.69) is 19.2 Å². The number of hydrogen-bond donors (Lipinski definition) is 1. The third-order valence-electron chi connectivity index (χ3n) is 4.00. The number of carbonyl (C=O) groups is 1. The number of anilines is 1. The van der Waals surface area contributed by atoms with Gasteiger partial charge in [-0.2, -0.15) is 0 Å². The van der Waals surface area contributed by atoms with Crippen molar-refractivity contribution in [2.45, 2.75) is 20.3 Å². The number of benzene rings is 1. The molecule has 0 bridgehead atoms. The molecule has 0 saturated carbocycles. The van der Waals surface area contributed by atoms with Gasteiger partial charge in [0.1, 0.15) is 5.82 Å². The first-order valence-corrected chi connectivity index (χ1v) is 8.06. The Morgan fingerprint density at radius 3 is 2.55 bits per heavy atom. The average molecular weight is 307 g/mol. The van der Waals surface area contributed by atoms with E-state index in [0.717, 1.165) is 13.0 Å². The van der Waals surface area contributed by atoms with E-state index in [-0.39, 0.29) is 11.7 Å². The van der Waals surface area contributed by atoms with E-state index in [1.165, 1.54) is 6.07 Å². The Kier molecular flexibility index (Phi) is 6.19. The van der Waals surface area contributed by atoms with Gasteiger partial charge in [0.05, 0.1) is 12.2 Å². The summed E-state index contributed by atoms with van der Waals surface area (Å²) in [6, 6.07) is 6.81. The molecule has 0 aromatic heterocycles. The van der Waals surface area contributed by atoms with E-state index in [9.17, 15) is 9.18 Å². The Morgan fingerprint density at radius 1 is 1.23 bits per heavy atom. The molecule has 1 amide bonds. The molecule has 1 heterocycles. The lowest BCUT2D eigenvalue weighted by Gasteiger charge is -2.36. The summed E-state index contributed by atoms with van der Waals surface area (Å²) in [5.74, 6) is 0.585. The maximum atomic E-state index is 13.8. The summed E-state index contributed by atoms with van der Waals surface area (Å²) in [4.78, 5) is 16.0. The Bertz CT molecular complexity index is 485. The number of carbonyl (C=O) groups excluding carboxylic acids is 1. The molecule has 1 aliphatic heterocycles. The van der Waals surface area contributed by atoms with Crippen LogP contribution in [0, 0.1) is 11.7 Å². The van der Waals surface area contributed by atoms with Crippen molar-refractivity contribution in [3.05, 3.63) is 30.1 Å². The van der Waals surface area contributed by atoms with Crippen LogP contribution in [0.5, 0.6) is 0 Å². The van der Waals surface area contributed by atoms with Crippen LogP contribution in [0.3, 0.4) is 0 Å². The van der Waals surface area contributed by atoms with E-state index in [1.54, 1.807) is 12.1 Å². The molecule has 1 aliphatic rings. The fourth-order valence-electron chi connectivity index (χ4n) is 2.60. The SMILES string of the molecule is CC(C)CCNCC(=O)N1CCN(c2ccccc2F)CC1. The van der Waals surface area contributed by atoms with Gasteiger partial charge in [-0.3, -0.25) is 4.79 Å². The minimum Gasteiger partial charge on any atom is -0.366 e. The lowest BCUT2D eigenvalue weighted by Crippen LogP contribution is -2.51. The third kappa shape index (κ3) is 4.70. The smallest absolute Gasteiger partial charge is 0.236 e. The molecule has 1 N–H and O–H groups in total. The maximum absolute atomic E-state index is 13.8. The fraction of sp³-hybridized carbons (Fsp3) is 0.588. The average Bonchev–Trinajstić information content (AvgIpc) is 2.52. The largest absolute Gasteiger partial charge is 0.366 e. The van der Waals surface area contributed by atoms with Gasteiger partial charge in [0.15, 0.2) is 0 Å². The molecule has 22 heavy (non-hydrogen) atoms. The summed E-state index contributed by atoms with van der Waals surface area (Å²) < 4.78 is 13.8. The normalized spacial score (nSPS) is 15.5. The summed E-state index contributed by atoms with van der Waals surface area (Å²) in [7, 11) is 0. The van der Waals surface area contributed by atoms with Crippen molar-refractivity contribution in [1.82, 2.24) is 10.2 Å². The van der Waals surface area contributed by atoms with Crippen LogP contribution in [0.15, 0.2) is 24.3 Å². The van der Waals surface area contributed by atoms with E-state index in [0.29, 0.717) is 44.3 Å². The van der Waals surface area contributed by atoms with Crippen molar-refractivity contribution in [3.8, 4) is 0 Å². The summed E-state index contributed by atoms with van der Waals surface area (Å²) >= 11 is 0. The molecule has 0 aliphatic carbocycles. The number of hydrogen-bond acceptors (Lipinski definition) is 3. The second-order valence-corrected chi connectivity index (χ2v) is 6.18. The number of piperazine rings is 1. The highest BCUT2D eigenvalue weighted by molar-refractivity contribution is 5.78. The zero-order chi connectivity index (χ0) is 15.9. The second-order valence-electron chi connectivity index (χ2n) is 6.18. The minimum atomic E-state index is -0.197. The number of rotatable bonds is 6. The van der Waals surface area contributed by atoms with Gasteiger partial charge in [-0.05, 0) is 31.0 Å². The van der Waals surface area contributed by atoms with Gasteiger partial charge in [-0.15, -0.1) is 0 Å². The number of amides is 1. The Labute approximate surface area is 132 Å². The minimum absolute atomic E-state index is 0.136. The zero-order valence-electron chi connectivity index (χ0n) is 13.5. The summed E-state index contributed by atoms with van der Waals surface area (Å²) in [5.41, 5.74) is 0.629. The third-order valence-corrected chi connectivity index (χ3v) is 4.00. The molecule has 4 nitrogen and oxygen atoms in total. The molecule has 2 rings (SSSR count). The summed E-state index contributed by atoms with van der Waals surface area (Å²) in [6.45, 7) is 8.28. The topological polar surface area (TPSA) is 35.6 Å². The Morgan fingerprint density at radius 2 is 1.91 bits per heavy atom. The molecular formula is C17H26FN3O. The molecule has 1 saturated heterocycles. The molecule has 0 spiro atoms. The standard InChI is InChI=1S/C17H26FN3O/c1-14(2)7-8-19-13-17(22)21-11-9-20(10-12-21)16-6-4-3-5-15(16)18/h3-6,14,19H,7-13H2,1-2H3. The molecule has 0 radical (unpaired) electrons. The van der Waals surface area contributed by atoms with Gasteiger partial charge in [-0.1, -0.05) is 26.0 Å². The fourth-order valence-corrected chi connectivity index (χ4v) is 2.60. The number of halogens is 1. The van der Waals surface area contributed by atoms with Crippen LogP contribution in [0.2, 0.25) is 0 Å². The molecular weight excluding hydrogens is 281 g/mol. The lowest BCUT2D eigenvalue weighted by molar-refractivity contribution is -0.130. The molecule has 1 aromatic rings. The van der Waals surface area contributed by atoms with Crippen LogP contribution < -0.4 is 10.2 Å². The number of para-hydroxylation sites is 1. The van der Waals surface area contributed by atoms with Crippen LogP contribution in [0.1, 0.15) is 20.3 Å². The second kappa shape index (κ2) is 8.13. The van der Waals surface area contributed by atoms with Crippen molar-refractivity contribution >= 4 is 11.6 Å². The molecule has 0 atom stereocenters. The van der Waals surface area contributed by atoms with Gasteiger partial charge in [0.25, 0.3) is 0 Å². The summed E-state index contributed by atoms with van der Waals surface area (Å²) in [5, 5.41) is 3.20. The molecule has 1 aromatic carbocycles. The first-order chi connectivity index (χ1) is 10.6. The van der Waals surface area contributed by atoms with Crippen LogP contribution in [-0.2, 0) is 4.79 Å². The molecule has 0 unspecified atom stereocenters. The number of nitrogens with one attached hydrogen (secondary N) is 1. The van der Waals surface area contributed by atoms with E-state index in [4.69, 9.17) is 0 Å². The van der Waals surface area contributed by atoms with E-state index in [1.807, 2.05) is 15.9 Å². The van der Waals surface area contributed by atoms with Gasteiger partial charge in [-0.25, -0.2) is 4.39 Å². The number of nitrogens with zero attached hydrogens (tertiary/aromatic N) is 2. The lowest BCUT2D eigenvalue weighted by atomic mass is 10.1. The van der Waals surface area contributed by atoms with E-state index < -0.39 is 0 Å². The molecule has 5 heteroatoms. The highest BCUT2D eigenvalue weighted by Gasteiger charge is 2.22. The Hall–Kier alpha value is -1.62. The van der Waals surface area contributed by atoms with Crippen molar-refractivity contribution < 1.29 is 9.18 Å². The quantitative estimate of drug-likeness (QED) is 0.818. The predicted molar refractivity (Wildman–Crippen MR) is 87.5 cm³/mol. The maximum Gasteiger partial charge on any atom is 0.236 e. The van der Waals surface area contributed by atoms with Crippen molar-refractivity contribution in [2.24, 2.45) is 5.92 Å². The van der Waals surface area contributed by atoms with Crippen molar-refractivity contribution in [2.75, 3.05) is 44.2 Å². The first kappa shape index (κ1) is 16.7. The predicted octanol–water partition coefficient (Wildman–Crippen LogP) is 2.11. The van der Waals surface area contributed by atoms with Gasteiger partial charge in [0, 0.05) is 26.2 Å². The van der Waals surface area contributed by atoms with Crippen molar-refractivity contribution in [1.29, 1.82) is 0 Å². The highest BCUT2D eigenvalue weighted by Crippen LogP contribution is 2.20. The van der Waals surface area contributed by atoms with Crippen LogP contribution in [0.4, 0.5) is 10.1 Å². The van der Waals surface area contributed by atoms with Crippen LogP contribution in [-0.4, -0.2) is 50.1 Å². The summed E-state index contributed by atoms with van der Waals surface area (Å²) in [6.07, 6.45) is 1.08. The van der Waals surface area contributed by atoms with Gasteiger partial charge in [0.2, 0.25) is 5.91 Å². The first-order valence-electron chi connectivity index (χ1n) is 8.06. The zero-order valence-corrected chi connectivity index (χ0v) is 13.5. The van der Waals surface area contributed by atoms with Gasteiger partial charge >= 0.3 is 0 Å². The Balaban J connectivity index is 1.75. The van der Waals surface area contributed by atoms with Crippen LogP contribution >= 0.6 is 0 Å². The monoisotopic (exact) mass is 307 g/mol. The van der Waals surface area contributed by atoms with Crippen molar-refractivity contribution in [3.63, 3.8) is 0 Å². The molecule has 1 fully saturated rings.